The number of nitrogens with zero attached hydrogens (tertiary/aromatic N) is 2. The van der Waals surface area contributed by atoms with Gasteiger partial charge in [0.25, 0.3) is 0 Å². The molecule has 1 aromatic heterocycles. The van der Waals surface area contributed by atoms with E-state index in [0.717, 1.165) is 16.9 Å². The normalized spacial score (nSPS) is 10.8. The van der Waals surface area contributed by atoms with Crippen molar-refractivity contribution >= 4 is 23.3 Å². The van der Waals surface area contributed by atoms with Crippen LogP contribution in [0.15, 0.2) is 85.1 Å². The van der Waals surface area contributed by atoms with Crippen LogP contribution in [0.4, 0.5) is 23.7 Å². The highest BCUT2D eigenvalue weighted by atomic mass is 35.5. The number of hydrogen-bond acceptors (Lipinski definition) is 1. The Balaban J connectivity index is 1.63. The van der Waals surface area contributed by atoms with Gasteiger partial charge in [-0.15, -0.1) is 0 Å². The van der Waals surface area contributed by atoms with Crippen molar-refractivity contribution in [3.8, 4) is 5.69 Å². The van der Waals surface area contributed by atoms with Gasteiger partial charge in [-0.25, -0.2) is 18.0 Å². The number of urea groups is 1. The Morgan fingerprint density at radius 2 is 1.55 bits per heavy atom. The van der Waals surface area contributed by atoms with E-state index in [1.54, 1.807) is 12.1 Å². The van der Waals surface area contributed by atoms with Gasteiger partial charge in [-0.3, -0.25) is 0 Å². The van der Waals surface area contributed by atoms with Crippen LogP contribution >= 0.6 is 11.6 Å². The van der Waals surface area contributed by atoms with Gasteiger partial charge < -0.3 is 14.8 Å². The molecule has 168 valence electrons. The summed E-state index contributed by atoms with van der Waals surface area (Å²) in [5, 5.41) is 2.85. The number of hydrogen-bond donors (Lipinski definition) is 1. The van der Waals surface area contributed by atoms with Crippen LogP contribution in [0.25, 0.3) is 5.69 Å². The summed E-state index contributed by atoms with van der Waals surface area (Å²) in [6.45, 7) is 0.323. The molecule has 0 saturated heterocycles. The molecule has 4 rings (SSSR count). The Hall–Kier alpha value is -3.71. The van der Waals surface area contributed by atoms with E-state index in [1.807, 2.05) is 65.4 Å². The van der Waals surface area contributed by atoms with Gasteiger partial charge in [0.15, 0.2) is 11.6 Å². The van der Waals surface area contributed by atoms with Crippen molar-refractivity contribution < 1.29 is 18.0 Å². The molecule has 8 heteroatoms. The lowest BCUT2D eigenvalue weighted by atomic mass is 10.2. The van der Waals surface area contributed by atoms with Gasteiger partial charge in [0.05, 0.1) is 6.54 Å². The molecular weight excluding hydrogens is 451 g/mol. The topological polar surface area (TPSA) is 37.3 Å². The molecule has 0 unspecified atom stereocenters. The number of carbonyl (C=O) groups is 1. The van der Waals surface area contributed by atoms with Crippen molar-refractivity contribution in [1.29, 1.82) is 0 Å². The fourth-order valence-corrected chi connectivity index (χ4v) is 3.57. The van der Waals surface area contributed by atoms with Gasteiger partial charge in [0.1, 0.15) is 11.5 Å². The summed E-state index contributed by atoms with van der Waals surface area (Å²) in [4.78, 5) is 14.5. The molecule has 1 heterocycles. The maximum absolute atomic E-state index is 14.1. The van der Waals surface area contributed by atoms with E-state index < -0.39 is 29.2 Å². The van der Waals surface area contributed by atoms with Gasteiger partial charge in [-0.1, -0.05) is 41.9 Å². The number of rotatable bonds is 6. The van der Waals surface area contributed by atoms with Crippen LogP contribution < -0.4 is 5.32 Å². The summed E-state index contributed by atoms with van der Waals surface area (Å²) in [6.07, 6.45) is 1.84. The van der Waals surface area contributed by atoms with E-state index in [2.05, 4.69) is 5.32 Å². The van der Waals surface area contributed by atoms with E-state index in [1.165, 1.54) is 4.90 Å². The molecule has 1 N–H and O–H groups in total. The first-order valence-electron chi connectivity index (χ1n) is 10.1. The zero-order chi connectivity index (χ0) is 23.4. The fourth-order valence-electron chi connectivity index (χ4n) is 3.45. The highest BCUT2D eigenvalue weighted by Crippen LogP contribution is 2.23. The van der Waals surface area contributed by atoms with E-state index in [4.69, 9.17) is 11.6 Å². The van der Waals surface area contributed by atoms with Crippen molar-refractivity contribution in [1.82, 2.24) is 9.47 Å². The first kappa shape index (κ1) is 22.5. The van der Waals surface area contributed by atoms with Crippen molar-refractivity contribution in [3.63, 3.8) is 0 Å². The average molecular weight is 470 g/mol. The average Bonchev–Trinajstić information content (AvgIpc) is 3.25. The zero-order valence-corrected chi connectivity index (χ0v) is 18.1. The number of nitrogens with one attached hydrogen (secondary N) is 1. The number of anilines is 1. The predicted octanol–water partition coefficient (Wildman–Crippen LogP) is 6.78. The van der Waals surface area contributed by atoms with Crippen LogP contribution in [0.3, 0.4) is 0 Å². The van der Waals surface area contributed by atoms with E-state index in [0.29, 0.717) is 17.2 Å². The molecule has 0 radical (unpaired) electrons. The van der Waals surface area contributed by atoms with Crippen molar-refractivity contribution in [2.45, 2.75) is 13.1 Å². The fraction of sp³-hybridized carbons (Fsp3) is 0.0800. The Bertz CT molecular complexity index is 1240. The Labute approximate surface area is 193 Å². The summed E-state index contributed by atoms with van der Waals surface area (Å²) in [7, 11) is 0. The van der Waals surface area contributed by atoms with Gasteiger partial charge in [-0.2, -0.15) is 0 Å². The van der Waals surface area contributed by atoms with Crippen molar-refractivity contribution in [3.05, 3.63) is 119 Å². The maximum Gasteiger partial charge on any atom is 0.322 e. The molecule has 0 aliphatic carbocycles. The predicted molar refractivity (Wildman–Crippen MR) is 122 cm³/mol. The molecule has 2 amide bonds. The smallest absolute Gasteiger partial charge is 0.319 e. The summed E-state index contributed by atoms with van der Waals surface area (Å²) in [5.74, 6) is -3.44. The Morgan fingerprint density at radius 3 is 2.21 bits per heavy atom. The largest absolute Gasteiger partial charge is 0.322 e. The first-order chi connectivity index (χ1) is 15.9. The summed E-state index contributed by atoms with van der Waals surface area (Å²) in [6, 6.07) is 20.4. The second-order valence-corrected chi connectivity index (χ2v) is 7.80. The Kier molecular flexibility index (Phi) is 6.70. The number of amides is 2. The molecule has 0 aliphatic rings. The second kappa shape index (κ2) is 9.83. The Morgan fingerprint density at radius 1 is 0.879 bits per heavy atom. The minimum absolute atomic E-state index is 0.140. The van der Waals surface area contributed by atoms with Crippen molar-refractivity contribution in [2.75, 3.05) is 5.32 Å². The molecule has 0 saturated carbocycles. The van der Waals surface area contributed by atoms with E-state index in [-0.39, 0.29) is 13.1 Å². The molecule has 0 fully saturated rings. The quantitative estimate of drug-likeness (QED) is 0.332. The van der Waals surface area contributed by atoms with Gasteiger partial charge in [0.2, 0.25) is 0 Å². The monoisotopic (exact) mass is 469 g/mol. The van der Waals surface area contributed by atoms with Gasteiger partial charge in [-0.05, 0) is 42.0 Å². The van der Waals surface area contributed by atoms with E-state index >= 15 is 0 Å². The van der Waals surface area contributed by atoms with Crippen LogP contribution in [0.1, 0.15) is 11.3 Å². The second-order valence-electron chi connectivity index (χ2n) is 7.36. The molecule has 3 aromatic carbocycles. The van der Waals surface area contributed by atoms with Crippen LogP contribution in [-0.2, 0) is 13.1 Å². The summed E-state index contributed by atoms with van der Waals surface area (Å²) in [5.41, 5.74) is 1.74. The lowest BCUT2D eigenvalue weighted by Gasteiger charge is -2.24. The lowest BCUT2D eigenvalue weighted by Crippen LogP contribution is -2.35. The molecule has 0 atom stereocenters. The first-order valence-corrected chi connectivity index (χ1v) is 10.4. The van der Waals surface area contributed by atoms with Crippen LogP contribution in [-0.4, -0.2) is 15.5 Å². The molecule has 0 bridgehead atoms. The molecule has 0 aliphatic heterocycles. The third-order valence-corrected chi connectivity index (χ3v) is 5.29. The summed E-state index contributed by atoms with van der Waals surface area (Å²) < 4.78 is 43.4. The third-order valence-electron chi connectivity index (χ3n) is 5.03. The minimum Gasteiger partial charge on any atom is -0.319 e. The standard InChI is InChI=1S/C25H19ClF3N3O/c26-18-8-10-20(11-9-18)32-12-4-7-21(32)16-31(15-17-5-2-1-3-6-17)25(33)30-24-22(28)13-19(27)14-23(24)29/h1-14H,15-16H2,(H,30,33). The molecule has 4 nitrogen and oxygen atoms in total. The van der Waals surface area contributed by atoms with Gasteiger partial charge >= 0.3 is 6.03 Å². The lowest BCUT2D eigenvalue weighted by molar-refractivity contribution is 0.205. The maximum atomic E-state index is 14.1. The molecule has 4 aromatic rings. The van der Waals surface area contributed by atoms with Crippen LogP contribution in [0, 0.1) is 17.5 Å². The van der Waals surface area contributed by atoms with Crippen molar-refractivity contribution in [2.24, 2.45) is 0 Å². The van der Waals surface area contributed by atoms with E-state index in [9.17, 15) is 18.0 Å². The summed E-state index contributed by atoms with van der Waals surface area (Å²) >= 11 is 5.99. The number of halogens is 4. The molecule has 0 spiro atoms. The zero-order valence-electron chi connectivity index (χ0n) is 17.3. The third kappa shape index (κ3) is 5.38. The molecule has 33 heavy (non-hydrogen) atoms. The number of benzene rings is 3. The minimum atomic E-state index is -1.19. The SMILES string of the molecule is O=C(Nc1c(F)cc(F)cc1F)N(Cc1ccccc1)Cc1cccn1-c1ccc(Cl)cc1. The van der Waals surface area contributed by atoms with Crippen LogP contribution in [0.2, 0.25) is 5.02 Å². The number of carbonyl (C=O) groups excluding carboxylic acids is 1. The molecular formula is C25H19ClF3N3O. The highest BCUT2D eigenvalue weighted by molar-refractivity contribution is 6.30. The van der Waals surface area contributed by atoms with Crippen LogP contribution in [0.5, 0.6) is 0 Å². The number of aromatic nitrogens is 1. The van der Waals surface area contributed by atoms with Gasteiger partial charge in [0, 0.05) is 41.3 Å². The highest BCUT2D eigenvalue weighted by Gasteiger charge is 2.21.